The van der Waals surface area contributed by atoms with Crippen LogP contribution in [0.15, 0.2) is 53.3 Å². The van der Waals surface area contributed by atoms with Gasteiger partial charge in [-0.25, -0.2) is 0 Å². The molecule has 0 unspecified atom stereocenters. The first kappa shape index (κ1) is 18.9. The summed E-state index contributed by atoms with van der Waals surface area (Å²) >= 11 is 0. The maximum atomic E-state index is 12.7. The molecule has 1 aliphatic rings. The Balaban J connectivity index is 1.59. The number of H-pyrrole nitrogens is 1. The molecule has 1 fully saturated rings. The van der Waals surface area contributed by atoms with Crippen molar-refractivity contribution < 1.29 is 9.59 Å². The van der Waals surface area contributed by atoms with Crippen molar-refractivity contribution in [1.82, 2.24) is 15.2 Å². The molecule has 148 valence electrons. The maximum absolute atomic E-state index is 12.7. The van der Waals surface area contributed by atoms with Gasteiger partial charge in [0.1, 0.15) is 0 Å². The minimum absolute atomic E-state index is 0.0250. The summed E-state index contributed by atoms with van der Waals surface area (Å²) in [4.78, 5) is 41.5. The number of fused-ring (bicyclic) bond motifs is 1. The summed E-state index contributed by atoms with van der Waals surface area (Å²) < 4.78 is 0. The summed E-state index contributed by atoms with van der Waals surface area (Å²) in [5.41, 5.74) is 3.90. The molecule has 0 bridgehead atoms. The lowest BCUT2D eigenvalue weighted by Gasteiger charge is -2.30. The van der Waals surface area contributed by atoms with Gasteiger partial charge in [0.05, 0.1) is 0 Å². The second kappa shape index (κ2) is 7.54. The fourth-order valence-electron chi connectivity index (χ4n) is 3.80. The van der Waals surface area contributed by atoms with E-state index >= 15 is 0 Å². The van der Waals surface area contributed by atoms with Gasteiger partial charge in [0.2, 0.25) is 5.91 Å². The molecule has 3 aromatic rings. The number of benzene rings is 2. The van der Waals surface area contributed by atoms with Crippen molar-refractivity contribution in [2.24, 2.45) is 0 Å². The predicted molar refractivity (Wildman–Crippen MR) is 113 cm³/mol. The number of hydrogen-bond donors (Lipinski definition) is 2. The van der Waals surface area contributed by atoms with E-state index in [9.17, 15) is 14.4 Å². The zero-order chi connectivity index (χ0) is 20.5. The topological polar surface area (TPSA) is 82.3 Å². The number of likely N-dealkylation sites (tertiary alicyclic amines) is 1. The van der Waals surface area contributed by atoms with E-state index in [0.717, 1.165) is 22.3 Å². The highest BCUT2D eigenvalue weighted by atomic mass is 16.2. The molecule has 4 rings (SSSR count). The van der Waals surface area contributed by atoms with E-state index in [1.807, 2.05) is 43.3 Å². The Morgan fingerprint density at radius 2 is 1.90 bits per heavy atom. The normalized spacial score (nSPS) is 16.8. The van der Waals surface area contributed by atoms with Crippen molar-refractivity contribution in [3.63, 3.8) is 0 Å². The van der Waals surface area contributed by atoms with Gasteiger partial charge in [0, 0.05) is 54.3 Å². The van der Waals surface area contributed by atoms with Gasteiger partial charge < -0.3 is 15.2 Å². The van der Waals surface area contributed by atoms with Gasteiger partial charge in [-0.1, -0.05) is 18.2 Å². The molecule has 1 aliphatic heterocycles. The Morgan fingerprint density at radius 1 is 1.10 bits per heavy atom. The Kier molecular flexibility index (Phi) is 4.92. The monoisotopic (exact) mass is 389 g/mol. The number of nitrogens with one attached hydrogen (secondary N) is 2. The minimum atomic E-state index is -0.158. The SMILES string of the molecule is Cc1cc(=O)c2cc(-c3cccc(C(=O)N[C@@H]4CCC(=O)N(C)C4)c3)ccc2[nH]1. The molecule has 0 spiro atoms. The van der Waals surface area contributed by atoms with Gasteiger partial charge in [-0.15, -0.1) is 0 Å². The zero-order valence-electron chi connectivity index (χ0n) is 16.5. The van der Waals surface area contributed by atoms with Crippen LogP contribution < -0.4 is 10.7 Å². The summed E-state index contributed by atoms with van der Waals surface area (Å²) in [7, 11) is 1.75. The van der Waals surface area contributed by atoms with Crippen LogP contribution in [0, 0.1) is 6.92 Å². The maximum Gasteiger partial charge on any atom is 0.251 e. The summed E-state index contributed by atoms with van der Waals surface area (Å²) in [5.74, 6) is -0.0483. The number of aromatic amines is 1. The molecule has 2 N–H and O–H groups in total. The van der Waals surface area contributed by atoms with Crippen LogP contribution in [0.1, 0.15) is 28.9 Å². The second-order valence-electron chi connectivity index (χ2n) is 7.64. The van der Waals surface area contributed by atoms with Crippen molar-refractivity contribution >= 4 is 22.7 Å². The Labute approximate surface area is 168 Å². The summed E-state index contributed by atoms with van der Waals surface area (Å²) in [6.07, 6.45) is 1.11. The van der Waals surface area contributed by atoms with Crippen LogP contribution in [0.5, 0.6) is 0 Å². The van der Waals surface area contributed by atoms with Crippen molar-refractivity contribution in [2.75, 3.05) is 13.6 Å². The number of piperidine rings is 1. The molecular weight excluding hydrogens is 366 g/mol. The second-order valence-corrected chi connectivity index (χ2v) is 7.64. The Bertz CT molecular complexity index is 1170. The number of aromatic nitrogens is 1. The molecule has 1 aromatic heterocycles. The Morgan fingerprint density at radius 3 is 2.69 bits per heavy atom. The molecule has 1 atom stereocenters. The number of amides is 2. The van der Waals surface area contributed by atoms with Crippen molar-refractivity contribution in [3.05, 3.63) is 70.0 Å². The Hall–Kier alpha value is -3.41. The van der Waals surface area contributed by atoms with E-state index in [4.69, 9.17) is 0 Å². The lowest BCUT2D eigenvalue weighted by Crippen LogP contribution is -2.48. The van der Waals surface area contributed by atoms with Gasteiger partial charge in [0.15, 0.2) is 5.43 Å². The summed E-state index contributed by atoms with van der Waals surface area (Å²) in [6.45, 7) is 2.38. The highest BCUT2D eigenvalue weighted by Crippen LogP contribution is 2.23. The number of aryl methyl sites for hydroxylation is 1. The van der Waals surface area contributed by atoms with Crippen LogP contribution in [0.4, 0.5) is 0 Å². The lowest BCUT2D eigenvalue weighted by molar-refractivity contribution is -0.132. The van der Waals surface area contributed by atoms with Gasteiger partial charge in [-0.2, -0.15) is 0 Å². The van der Waals surface area contributed by atoms with Crippen molar-refractivity contribution in [2.45, 2.75) is 25.8 Å². The zero-order valence-corrected chi connectivity index (χ0v) is 16.5. The fourth-order valence-corrected chi connectivity index (χ4v) is 3.80. The first-order chi connectivity index (χ1) is 13.9. The van der Waals surface area contributed by atoms with Gasteiger partial charge in [-0.05, 0) is 48.7 Å². The first-order valence-electron chi connectivity index (χ1n) is 9.69. The van der Waals surface area contributed by atoms with Crippen LogP contribution >= 0.6 is 0 Å². The molecule has 1 saturated heterocycles. The fraction of sp³-hybridized carbons (Fsp3) is 0.261. The van der Waals surface area contributed by atoms with Crippen LogP contribution in [-0.2, 0) is 4.79 Å². The standard InChI is InChI=1S/C23H23N3O3/c1-14-10-21(27)19-12-16(6-8-20(19)24-14)15-4-3-5-17(11-15)23(29)25-18-7-9-22(28)26(2)13-18/h3-6,8,10-12,18H,7,9,13H2,1-2H3,(H,24,27)(H,25,29)/t18-/m1/s1. The average molecular weight is 389 g/mol. The van der Waals surface area contributed by atoms with E-state index in [0.29, 0.717) is 30.3 Å². The number of likely N-dealkylation sites (N-methyl/N-ethyl adjacent to an activating group) is 1. The molecule has 0 aliphatic carbocycles. The van der Waals surface area contributed by atoms with E-state index in [1.165, 1.54) is 0 Å². The highest BCUT2D eigenvalue weighted by molar-refractivity contribution is 5.96. The molecule has 0 radical (unpaired) electrons. The summed E-state index contributed by atoms with van der Waals surface area (Å²) in [5, 5.41) is 3.64. The third kappa shape index (κ3) is 3.92. The van der Waals surface area contributed by atoms with Gasteiger partial charge >= 0.3 is 0 Å². The molecule has 2 aromatic carbocycles. The highest BCUT2D eigenvalue weighted by Gasteiger charge is 2.24. The molecule has 2 heterocycles. The molecular formula is C23H23N3O3. The van der Waals surface area contributed by atoms with Gasteiger partial charge in [0.25, 0.3) is 5.91 Å². The first-order valence-corrected chi connectivity index (χ1v) is 9.69. The van der Waals surface area contributed by atoms with E-state index in [-0.39, 0.29) is 23.3 Å². The third-order valence-corrected chi connectivity index (χ3v) is 5.38. The summed E-state index contributed by atoms with van der Waals surface area (Å²) in [6, 6.07) is 14.6. The van der Waals surface area contributed by atoms with E-state index in [1.54, 1.807) is 24.1 Å². The molecule has 2 amide bonds. The molecule has 6 nitrogen and oxygen atoms in total. The van der Waals surface area contributed by atoms with Crippen LogP contribution in [-0.4, -0.2) is 41.3 Å². The number of hydrogen-bond acceptors (Lipinski definition) is 3. The molecule has 0 saturated carbocycles. The smallest absolute Gasteiger partial charge is 0.251 e. The van der Waals surface area contributed by atoms with Crippen molar-refractivity contribution in [3.8, 4) is 11.1 Å². The predicted octanol–water partition coefficient (Wildman–Crippen LogP) is 2.85. The molecule has 29 heavy (non-hydrogen) atoms. The van der Waals surface area contributed by atoms with Gasteiger partial charge in [-0.3, -0.25) is 14.4 Å². The van der Waals surface area contributed by atoms with Crippen LogP contribution in [0.3, 0.4) is 0 Å². The average Bonchev–Trinajstić information content (AvgIpc) is 2.70. The number of pyridine rings is 1. The number of nitrogens with zero attached hydrogens (tertiary/aromatic N) is 1. The quantitative estimate of drug-likeness (QED) is 0.723. The number of carbonyl (C=O) groups is 2. The van der Waals surface area contributed by atoms with E-state index < -0.39 is 0 Å². The number of rotatable bonds is 3. The number of carbonyl (C=O) groups excluding carboxylic acids is 2. The van der Waals surface area contributed by atoms with Crippen molar-refractivity contribution in [1.29, 1.82) is 0 Å². The third-order valence-electron chi connectivity index (χ3n) is 5.38. The minimum Gasteiger partial charge on any atom is -0.358 e. The van der Waals surface area contributed by atoms with Crippen LogP contribution in [0.2, 0.25) is 0 Å². The molecule has 6 heteroatoms. The van der Waals surface area contributed by atoms with E-state index in [2.05, 4.69) is 10.3 Å². The lowest BCUT2D eigenvalue weighted by atomic mass is 10.00. The largest absolute Gasteiger partial charge is 0.358 e. The van der Waals surface area contributed by atoms with Crippen LogP contribution in [0.25, 0.3) is 22.0 Å².